The van der Waals surface area contributed by atoms with Gasteiger partial charge in [-0.1, -0.05) is 0 Å². The zero-order chi connectivity index (χ0) is 37.1. The minimum Gasteiger partial charge on any atom is -0.459 e. The number of benzene rings is 1. The van der Waals surface area contributed by atoms with Gasteiger partial charge in [-0.15, -0.1) is 0 Å². The molecule has 3 aliphatic heterocycles. The molecule has 0 unspecified atom stereocenters. The third-order valence-electron chi connectivity index (χ3n) is 10.4. The molecule has 4 rings (SSSR count). The molecule has 3 heterocycles. The highest BCUT2D eigenvalue weighted by Gasteiger charge is 2.49. The van der Waals surface area contributed by atoms with Gasteiger partial charge in [0.05, 0.1) is 23.8 Å². The van der Waals surface area contributed by atoms with Gasteiger partial charge >= 0.3 is 17.9 Å². The Morgan fingerprint density at radius 1 is 0.510 bits per heavy atom. The van der Waals surface area contributed by atoms with E-state index in [2.05, 4.69) is 0 Å². The van der Waals surface area contributed by atoms with E-state index in [9.17, 15) is 24.8 Å². The van der Waals surface area contributed by atoms with Crippen molar-refractivity contribution in [1.29, 1.82) is 0 Å². The molecule has 3 aliphatic rings. The SMILES string of the molecule is CON1C(C)(C)CC(OC(=O)c2cc(C(=O)OC3CC(C)(C)N(O)C(C)(C)C3)cc(C(=O)OC3CC(C)(C)N(O)C(C)(C)C3)c2)CC1(C)C. The van der Waals surface area contributed by atoms with Crippen LogP contribution in [0.2, 0.25) is 0 Å². The Morgan fingerprint density at radius 3 is 0.959 bits per heavy atom. The van der Waals surface area contributed by atoms with Crippen LogP contribution < -0.4 is 0 Å². The number of hydroxylamine groups is 6. The fourth-order valence-corrected chi connectivity index (χ4v) is 8.91. The molecular weight excluding hydrogens is 630 g/mol. The second kappa shape index (κ2) is 13.2. The van der Waals surface area contributed by atoms with Gasteiger partial charge in [-0.2, -0.15) is 15.2 Å². The van der Waals surface area contributed by atoms with Crippen LogP contribution in [-0.2, 0) is 19.0 Å². The van der Waals surface area contributed by atoms with E-state index in [0.29, 0.717) is 38.5 Å². The third kappa shape index (κ3) is 8.31. The number of piperidine rings is 3. The van der Waals surface area contributed by atoms with E-state index in [0.717, 1.165) is 0 Å². The summed E-state index contributed by atoms with van der Waals surface area (Å²) in [4.78, 5) is 47.0. The first-order chi connectivity index (χ1) is 22.2. The molecule has 0 aromatic heterocycles. The van der Waals surface area contributed by atoms with Gasteiger partial charge in [0.2, 0.25) is 0 Å². The highest BCUT2D eigenvalue weighted by atomic mass is 16.7. The Kier molecular flexibility index (Phi) is 10.5. The Balaban J connectivity index is 1.64. The summed E-state index contributed by atoms with van der Waals surface area (Å²) in [7, 11) is 1.63. The topological polar surface area (TPSA) is 138 Å². The molecule has 3 fully saturated rings. The lowest BCUT2D eigenvalue weighted by Crippen LogP contribution is -2.61. The van der Waals surface area contributed by atoms with Crippen LogP contribution in [0.15, 0.2) is 18.2 Å². The van der Waals surface area contributed by atoms with E-state index in [-0.39, 0.29) is 16.7 Å². The van der Waals surface area contributed by atoms with Crippen molar-refractivity contribution in [2.24, 2.45) is 0 Å². The first-order valence-electron chi connectivity index (χ1n) is 17.3. The molecule has 3 saturated heterocycles. The molecule has 49 heavy (non-hydrogen) atoms. The van der Waals surface area contributed by atoms with E-state index in [1.807, 2.05) is 88.1 Å². The molecule has 0 saturated carbocycles. The number of carbonyl (C=O) groups excluding carboxylic acids is 3. The lowest BCUT2D eigenvalue weighted by molar-refractivity contribution is -0.276. The minimum atomic E-state index is -0.696. The van der Waals surface area contributed by atoms with Gasteiger partial charge in [0.1, 0.15) is 18.3 Å². The van der Waals surface area contributed by atoms with Crippen LogP contribution in [0, 0.1) is 0 Å². The molecule has 1 aromatic rings. The van der Waals surface area contributed by atoms with Gasteiger partial charge in [0.25, 0.3) is 0 Å². The average molecular weight is 690 g/mol. The zero-order valence-corrected chi connectivity index (χ0v) is 31.8. The van der Waals surface area contributed by atoms with E-state index >= 15 is 0 Å². The fourth-order valence-electron chi connectivity index (χ4n) is 8.91. The highest BCUT2D eigenvalue weighted by Crippen LogP contribution is 2.41. The normalized spacial score (nSPS) is 25.8. The summed E-state index contributed by atoms with van der Waals surface area (Å²) >= 11 is 0. The molecule has 0 spiro atoms. The predicted octanol–water partition coefficient (Wildman–Crippen LogP) is 6.56. The van der Waals surface area contributed by atoms with Gasteiger partial charge in [-0.3, -0.25) is 0 Å². The third-order valence-corrected chi connectivity index (χ3v) is 10.4. The first-order valence-corrected chi connectivity index (χ1v) is 17.3. The number of hydrogen-bond acceptors (Lipinski definition) is 12. The molecule has 12 heteroatoms. The summed E-state index contributed by atoms with van der Waals surface area (Å²) in [6.45, 7) is 23.1. The molecular formula is C37H59N3O9. The van der Waals surface area contributed by atoms with Crippen molar-refractivity contribution >= 4 is 17.9 Å². The van der Waals surface area contributed by atoms with Crippen molar-refractivity contribution in [3.8, 4) is 0 Å². The van der Waals surface area contributed by atoms with E-state index in [4.69, 9.17) is 19.0 Å². The van der Waals surface area contributed by atoms with Crippen LogP contribution in [0.5, 0.6) is 0 Å². The Hall–Kier alpha value is -2.61. The number of carbonyl (C=O) groups is 3. The summed E-state index contributed by atoms with van der Waals surface area (Å²) < 4.78 is 18.0. The lowest BCUT2D eigenvalue weighted by atomic mass is 9.80. The summed E-state index contributed by atoms with van der Waals surface area (Å²) in [5.41, 5.74) is -3.41. The van der Waals surface area contributed by atoms with Crippen LogP contribution in [0.1, 0.15) is 153 Å². The summed E-state index contributed by atoms with van der Waals surface area (Å²) in [6, 6.07) is 4.19. The Labute approximate surface area is 291 Å². The second-order valence-electron chi connectivity index (χ2n) is 18.1. The summed E-state index contributed by atoms with van der Waals surface area (Å²) in [5.74, 6) is -2.06. The van der Waals surface area contributed by atoms with E-state index in [1.165, 1.54) is 28.3 Å². The van der Waals surface area contributed by atoms with Crippen molar-refractivity contribution in [1.82, 2.24) is 15.2 Å². The highest BCUT2D eigenvalue weighted by molar-refractivity contribution is 6.00. The molecule has 12 nitrogen and oxygen atoms in total. The number of rotatable bonds is 7. The van der Waals surface area contributed by atoms with Crippen LogP contribution in [-0.4, -0.2) is 102 Å². The van der Waals surface area contributed by atoms with Gasteiger partial charge in [0.15, 0.2) is 0 Å². The molecule has 0 atom stereocenters. The van der Waals surface area contributed by atoms with Gasteiger partial charge in [0, 0.05) is 71.8 Å². The second-order valence-corrected chi connectivity index (χ2v) is 18.1. The molecule has 276 valence electrons. The zero-order valence-electron chi connectivity index (χ0n) is 31.8. The predicted molar refractivity (Wildman–Crippen MR) is 182 cm³/mol. The molecule has 0 aliphatic carbocycles. The van der Waals surface area contributed by atoms with E-state index < -0.39 is 69.5 Å². The maximum atomic E-state index is 13.8. The largest absolute Gasteiger partial charge is 0.459 e. The van der Waals surface area contributed by atoms with Crippen molar-refractivity contribution < 1.29 is 43.8 Å². The van der Waals surface area contributed by atoms with Crippen LogP contribution >= 0.6 is 0 Å². The first kappa shape index (κ1) is 39.2. The molecule has 0 amide bonds. The van der Waals surface area contributed by atoms with Crippen LogP contribution in [0.3, 0.4) is 0 Å². The van der Waals surface area contributed by atoms with Crippen LogP contribution in [0.4, 0.5) is 0 Å². The number of ether oxygens (including phenoxy) is 3. The molecule has 2 N–H and O–H groups in total. The molecule has 1 aromatic carbocycles. The standard InChI is InChI=1S/C37H59N3O9/c1-32(2)17-26(18-33(3,4)38(32)44)47-29(41)23-14-24(30(42)48-27-19-34(5,6)39(45)35(7,8)20-27)16-25(15-23)31(43)49-28-21-36(9,10)40(46-13)37(11,12)22-28/h14-16,26-28,44-45H,17-22H2,1-13H3. The van der Waals surface area contributed by atoms with Crippen LogP contribution in [0.25, 0.3) is 0 Å². The average Bonchev–Trinajstić information content (AvgIpc) is 2.92. The quantitative estimate of drug-likeness (QED) is 0.237. The van der Waals surface area contributed by atoms with E-state index in [1.54, 1.807) is 7.11 Å². The Morgan fingerprint density at radius 2 is 0.735 bits per heavy atom. The smallest absolute Gasteiger partial charge is 0.338 e. The Bertz CT molecular complexity index is 1310. The molecule has 0 radical (unpaired) electrons. The fraction of sp³-hybridized carbons (Fsp3) is 0.757. The van der Waals surface area contributed by atoms with Crippen molar-refractivity contribution in [2.75, 3.05) is 7.11 Å². The lowest BCUT2D eigenvalue weighted by Gasteiger charge is -2.52. The van der Waals surface area contributed by atoms with Crippen molar-refractivity contribution in [3.05, 3.63) is 34.9 Å². The monoisotopic (exact) mass is 689 g/mol. The number of esters is 3. The number of hydrogen-bond donors (Lipinski definition) is 2. The van der Waals surface area contributed by atoms with Crippen molar-refractivity contribution in [3.63, 3.8) is 0 Å². The van der Waals surface area contributed by atoms with Gasteiger partial charge in [-0.25, -0.2) is 14.4 Å². The van der Waals surface area contributed by atoms with Gasteiger partial charge < -0.3 is 29.5 Å². The van der Waals surface area contributed by atoms with Crippen molar-refractivity contribution in [2.45, 2.75) is 173 Å². The number of nitrogens with zero attached hydrogens (tertiary/aromatic N) is 3. The maximum absolute atomic E-state index is 13.8. The summed E-state index contributed by atoms with van der Waals surface area (Å²) in [5, 5.41) is 26.0. The van der Waals surface area contributed by atoms with Gasteiger partial charge in [-0.05, 0) is 101 Å². The molecule has 0 bridgehead atoms. The minimum absolute atomic E-state index is 0.0177. The maximum Gasteiger partial charge on any atom is 0.338 e. The summed E-state index contributed by atoms with van der Waals surface area (Å²) in [6.07, 6.45) is 1.08.